The van der Waals surface area contributed by atoms with E-state index in [9.17, 15) is 0 Å². The molecule has 21 heavy (non-hydrogen) atoms. The summed E-state index contributed by atoms with van der Waals surface area (Å²) in [6.07, 6.45) is 0. The van der Waals surface area contributed by atoms with Gasteiger partial charge in [0.05, 0.1) is 5.69 Å². The van der Waals surface area contributed by atoms with Crippen molar-refractivity contribution in [1.82, 2.24) is 10.3 Å². The lowest BCUT2D eigenvalue weighted by atomic mass is 10.1. The van der Waals surface area contributed by atoms with Crippen LogP contribution in [0, 0.1) is 13.8 Å². The van der Waals surface area contributed by atoms with Crippen LogP contribution < -0.4 is 5.32 Å². The van der Waals surface area contributed by atoms with Gasteiger partial charge in [0, 0.05) is 11.1 Å². The third kappa shape index (κ3) is 2.83. The molecule has 0 fully saturated rings. The van der Waals surface area contributed by atoms with Gasteiger partial charge in [-0.05, 0) is 50.7 Å². The van der Waals surface area contributed by atoms with E-state index >= 15 is 0 Å². The molecule has 1 aromatic carbocycles. The van der Waals surface area contributed by atoms with Gasteiger partial charge in [-0.3, -0.25) is 4.98 Å². The number of fused-ring (bicyclic) bond motifs is 1. The molecule has 0 spiro atoms. The van der Waals surface area contributed by atoms with E-state index in [2.05, 4.69) is 42.3 Å². The highest BCUT2D eigenvalue weighted by atomic mass is 16.3. The van der Waals surface area contributed by atoms with Crippen molar-refractivity contribution in [1.29, 1.82) is 0 Å². The van der Waals surface area contributed by atoms with Gasteiger partial charge in [0.25, 0.3) is 0 Å². The summed E-state index contributed by atoms with van der Waals surface area (Å²) in [4.78, 5) is 4.63. The minimum absolute atomic E-state index is 0.0115. The number of rotatable bonds is 4. The normalized spacial score (nSPS) is 12.7. The monoisotopic (exact) mass is 280 g/mol. The number of nitrogens with one attached hydrogen (secondary N) is 1. The molecule has 108 valence electrons. The van der Waals surface area contributed by atoms with Gasteiger partial charge in [0.1, 0.15) is 17.4 Å². The van der Waals surface area contributed by atoms with E-state index in [1.807, 2.05) is 31.2 Å². The van der Waals surface area contributed by atoms with Crippen molar-refractivity contribution in [3.8, 4) is 0 Å². The Morgan fingerprint density at radius 3 is 2.76 bits per heavy atom. The van der Waals surface area contributed by atoms with Crippen molar-refractivity contribution in [3.63, 3.8) is 0 Å². The molecule has 0 saturated heterocycles. The molecular weight excluding hydrogens is 260 g/mol. The highest BCUT2D eigenvalue weighted by Crippen LogP contribution is 2.28. The van der Waals surface area contributed by atoms with Crippen molar-refractivity contribution in [3.05, 3.63) is 65.2 Å². The summed E-state index contributed by atoms with van der Waals surface area (Å²) in [6, 6.07) is 14.4. The van der Waals surface area contributed by atoms with Gasteiger partial charge in [-0.15, -0.1) is 0 Å². The molecule has 1 unspecified atom stereocenters. The highest BCUT2D eigenvalue weighted by molar-refractivity contribution is 5.78. The minimum atomic E-state index is -0.0115. The lowest BCUT2D eigenvalue weighted by Gasteiger charge is -2.15. The summed E-state index contributed by atoms with van der Waals surface area (Å²) in [5.74, 6) is 0.913. The second-order valence-electron chi connectivity index (χ2n) is 5.38. The Morgan fingerprint density at radius 2 is 2.00 bits per heavy atom. The molecule has 0 aliphatic rings. The molecule has 1 N–H and O–H groups in total. The Balaban J connectivity index is 2.06. The Kier molecular flexibility index (Phi) is 3.76. The number of nitrogens with zero attached hydrogens (tertiary/aromatic N) is 1. The summed E-state index contributed by atoms with van der Waals surface area (Å²) in [6.45, 7) is 7.05. The Bertz CT molecular complexity index is 761. The zero-order valence-corrected chi connectivity index (χ0v) is 12.7. The summed E-state index contributed by atoms with van der Waals surface area (Å²) < 4.78 is 6.03. The molecule has 3 nitrogen and oxygen atoms in total. The number of hydrogen-bond donors (Lipinski definition) is 1. The third-order valence-corrected chi connectivity index (χ3v) is 3.59. The van der Waals surface area contributed by atoms with Crippen LogP contribution in [-0.4, -0.2) is 11.5 Å². The van der Waals surface area contributed by atoms with Gasteiger partial charge >= 0.3 is 0 Å². The predicted molar refractivity (Wildman–Crippen MR) is 85.4 cm³/mol. The average Bonchev–Trinajstić information content (AvgIpc) is 2.87. The van der Waals surface area contributed by atoms with Gasteiger partial charge in [-0.1, -0.05) is 24.6 Å². The van der Waals surface area contributed by atoms with Crippen LogP contribution in [0.15, 0.2) is 46.9 Å². The second kappa shape index (κ2) is 5.70. The van der Waals surface area contributed by atoms with E-state index < -0.39 is 0 Å². The SMILES string of the molecule is CCNC(c1cccc(C)n1)c1cc2cc(C)ccc2o1. The molecular formula is C18H20N2O. The Hall–Kier alpha value is -2.13. The van der Waals surface area contributed by atoms with Gasteiger partial charge in [-0.2, -0.15) is 0 Å². The van der Waals surface area contributed by atoms with Crippen LogP contribution in [0.2, 0.25) is 0 Å². The van der Waals surface area contributed by atoms with E-state index in [1.54, 1.807) is 0 Å². The molecule has 0 amide bonds. The Labute approximate surface area is 125 Å². The number of benzene rings is 1. The van der Waals surface area contributed by atoms with E-state index in [0.29, 0.717) is 0 Å². The first-order chi connectivity index (χ1) is 10.2. The summed E-state index contributed by atoms with van der Waals surface area (Å²) in [5.41, 5.74) is 4.17. The molecule has 3 rings (SSSR count). The molecule has 3 aromatic rings. The zero-order chi connectivity index (χ0) is 14.8. The van der Waals surface area contributed by atoms with Gasteiger partial charge in [-0.25, -0.2) is 0 Å². The standard InChI is InChI=1S/C18H20N2O/c1-4-19-18(15-7-5-6-13(3)20-15)17-11-14-10-12(2)8-9-16(14)21-17/h5-11,18-19H,4H2,1-3H3. The number of furan rings is 1. The van der Waals surface area contributed by atoms with Gasteiger partial charge < -0.3 is 9.73 Å². The van der Waals surface area contributed by atoms with Crippen molar-refractivity contribution < 1.29 is 4.42 Å². The highest BCUT2D eigenvalue weighted by Gasteiger charge is 2.19. The first-order valence-electron chi connectivity index (χ1n) is 7.34. The quantitative estimate of drug-likeness (QED) is 0.780. The van der Waals surface area contributed by atoms with E-state index in [0.717, 1.165) is 34.7 Å². The predicted octanol–water partition coefficient (Wildman–Crippen LogP) is 4.14. The van der Waals surface area contributed by atoms with Crippen LogP contribution in [0.25, 0.3) is 11.0 Å². The lowest BCUT2D eigenvalue weighted by Crippen LogP contribution is -2.22. The summed E-state index contributed by atoms with van der Waals surface area (Å²) >= 11 is 0. The molecule has 0 bridgehead atoms. The first-order valence-corrected chi connectivity index (χ1v) is 7.34. The van der Waals surface area contributed by atoms with Crippen LogP contribution in [0.1, 0.15) is 35.7 Å². The fraction of sp³-hybridized carbons (Fsp3) is 0.278. The smallest absolute Gasteiger partial charge is 0.134 e. The van der Waals surface area contributed by atoms with Crippen molar-refractivity contribution in [2.24, 2.45) is 0 Å². The van der Waals surface area contributed by atoms with E-state index in [-0.39, 0.29) is 6.04 Å². The fourth-order valence-corrected chi connectivity index (χ4v) is 2.61. The lowest BCUT2D eigenvalue weighted by molar-refractivity contribution is 0.471. The maximum atomic E-state index is 6.03. The fourth-order valence-electron chi connectivity index (χ4n) is 2.61. The number of hydrogen-bond acceptors (Lipinski definition) is 3. The van der Waals surface area contributed by atoms with Gasteiger partial charge in [0.15, 0.2) is 0 Å². The van der Waals surface area contributed by atoms with Gasteiger partial charge in [0.2, 0.25) is 0 Å². The van der Waals surface area contributed by atoms with Crippen LogP contribution in [0.3, 0.4) is 0 Å². The molecule has 0 saturated carbocycles. The summed E-state index contributed by atoms with van der Waals surface area (Å²) in [7, 11) is 0. The van der Waals surface area contributed by atoms with E-state index in [1.165, 1.54) is 5.56 Å². The van der Waals surface area contributed by atoms with Crippen LogP contribution >= 0.6 is 0 Å². The molecule has 1 atom stereocenters. The first kappa shape index (κ1) is 13.8. The molecule has 2 aromatic heterocycles. The molecule has 2 heterocycles. The topological polar surface area (TPSA) is 38.1 Å². The van der Waals surface area contributed by atoms with Crippen molar-refractivity contribution in [2.75, 3.05) is 6.54 Å². The van der Waals surface area contributed by atoms with Crippen molar-refractivity contribution >= 4 is 11.0 Å². The van der Waals surface area contributed by atoms with Crippen LogP contribution in [-0.2, 0) is 0 Å². The summed E-state index contributed by atoms with van der Waals surface area (Å²) in [5, 5.41) is 4.60. The van der Waals surface area contributed by atoms with Crippen molar-refractivity contribution in [2.45, 2.75) is 26.8 Å². The average molecular weight is 280 g/mol. The number of pyridine rings is 1. The molecule has 3 heteroatoms. The molecule has 0 aliphatic carbocycles. The maximum Gasteiger partial charge on any atom is 0.134 e. The molecule has 0 aliphatic heterocycles. The Morgan fingerprint density at radius 1 is 1.14 bits per heavy atom. The van der Waals surface area contributed by atoms with E-state index in [4.69, 9.17) is 4.42 Å². The second-order valence-corrected chi connectivity index (χ2v) is 5.38. The van der Waals surface area contributed by atoms with Crippen LogP contribution in [0.5, 0.6) is 0 Å². The zero-order valence-electron chi connectivity index (χ0n) is 12.7. The maximum absolute atomic E-state index is 6.03. The van der Waals surface area contributed by atoms with Crippen LogP contribution in [0.4, 0.5) is 0 Å². The minimum Gasteiger partial charge on any atom is -0.459 e. The number of aromatic nitrogens is 1. The third-order valence-electron chi connectivity index (χ3n) is 3.59. The largest absolute Gasteiger partial charge is 0.459 e. The molecule has 0 radical (unpaired) electrons. The number of aryl methyl sites for hydroxylation is 2.